The van der Waals surface area contributed by atoms with Gasteiger partial charge >= 0.3 is 0 Å². The van der Waals surface area contributed by atoms with E-state index in [0.717, 1.165) is 30.5 Å². The highest BCUT2D eigenvalue weighted by atomic mass is 35.5. The molecule has 1 aliphatic heterocycles. The number of halogens is 1. The van der Waals surface area contributed by atoms with E-state index in [-0.39, 0.29) is 32.3 Å². The van der Waals surface area contributed by atoms with Gasteiger partial charge in [-0.1, -0.05) is 69.1 Å². The molecule has 3 rings (SSSR count). The van der Waals surface area contributed by atoms with Crippen LogP contribution in [-0.4, -0.2) is 48.5 Å². The van der Waals surface area contributed by atoms with Crippen LogP contribution in [0.2, 0.25) is 5.02 Å². The summed E-state index contributed by atoms with van der Waals surface area (Å²) in [6, 6.07) is 13.8. The van der Waals surface area contributed by atoms with Crippen LogP contribution in [-0.2, 0) is 22.7 Å². The SMILES string of the molecule is C.CCCCCNC(=O)CN(CC(=O)N(C)N1Cc2ccccc2C1)c1cc(Cl)ccc1C. The van der Waals surface area contributed by atoms with Crippen LogP contribution in [0, 0.1) is 6.92 Å². The topological polar surface area (TPSA) is 55.9 Å². The number of benzene rings is 2. The highest BCUT2D eigenvalue weighted by molar-refractivity contribution is 6.30. The average Bonchev–Trinajstić information content (AvgIpc) is 3.21. The first kappa shape index (κ1) is 26.7. The summed E-state index contributed by atoms with van der Waals surface area (Å²) in [7, 11) is 1.79. The minimum atomic E-state index is -0.0930. The summed E-state index contributed by atoms with van der Waals surface area (Å²) in [5, 5.41) is 7.25. The Kier molecular flexibility index (Phi) is 10.2. The van der Waals surface area contributed by atoms with Crippen LogP contribution in [0.4, 0.5) is 5.69 Å². The lowest BCUT2D eigenvalue weighted by Crippen LogP contribution is -2.48. The minimum absolute atomic E-state index is 0. The normalized spacial score (nSPS) is 12.6. The summed E-state index contributed by atoms with van der Waals surface area (Å²) in [5.74, 6) is -0.166. The number of hydrogen-bond donors (Lipinski definition) is 1. The maximum atomic E-state index is 13.2. The Balaban J connectivity index is 0.00000385. The van der Waals surface area contributed by atoms with E-state index >= 15 is 0 Å². The molecular formula is C26H37ClN4O2. The van der Waals surface area contributed by atoms with Crippen LogP contribution >= 0.6 is 11.6 Å². The van der Waals surface area contributed by atoms with E-state index in [9.17, 15) is 9.59 Å². The van der Waals surface area contributed by atoms with Gasteiger partial charge in [0.2, 0.25) is 5.91 Å². The summed E-state index contributed by atoms with van der Waals surface area (Å²) >= 11 is 6.24. The third-order valence-electron chi connectivity index (χ3n) is 5.88. The molecule has 0 radical (unpaired) electrons. The highest BCUT2D eigenvalue weighted by Gasteiger charge is 2.27. The van der Waals surface area contributed by atoms with Crippen molar-refractivity contribution in [3.05, 3.63) is 64.2 Å². The number of unbranched alkanes of at least 4 members (excludes halogenated alkanes) is 2. The number of hydrogen-bond acceptors (Lipinski definition) is 4. The van der Waals surface area contributed by atoms with Gasteiger partial charge in [-0.25, -0.2) is 5.01 Å². The van der Waals surface area contributed by atoms with Crippen LogP contribution in [0.15, 0.2) is 42.5 Å². The van der Waals surface area contributed by atoms with Gasteiger partial charge in [-0.2, -0.15) is 0 Å². The fraction of sp³-hybridized carbons (Fsp3) is 0.462. The van der Waals surface area contributed by atoms with Crippen LogP contribution < -0.4 is 10.2 Å². The number of anilines is 1. The van der Waals surface area contributed by atoms with Crippen molar-refractivity contribution in [2.45, 2.75) is 53.6 Å². The molecule has 1 heterocycles. The van der Waals surface area contributed by atoms with Gasteiger partial charge in [0.25, 0.3) is 5.91 Å². The standard InChI is InChI=1S/C25H33ClN4O2.CH4/c1-4-5-8-13-27-24(31)17-29(23-14-22(26)12-11-19(23)2)18-25(32)28(3)30-15-20-9-6-7-10-21(20)16-30;/h6-7,9-12,14H,4-5,8,13,15-18H2,1-3H3,(H,27,31);1H4. The highest BCUT2D eigenvalue weighted by Crippen LogP contribution is 2.26. The van der Waals surface area contributed by atoms with Gasteiger partial charge in [0.05, 0.1) is 13.1 Å². The molecule has 2 aromatic rings. The van der Waals surface area contributed by atoms with E-state index in [1.165, 1.54) is 11.1 Å². The van der Waals surface area contributed by atoms with Gasteiger partial charge in [-0.15, -0.1) is 0 Å². The zero-order valence-electron chi connectivity index (χ0n) is 19.2. The molecule has 33 heavy (non-hydrogen) atoms. The molecule has 6 nitrogen and oxygen atoms in total. The van der Waals surface area contributed by atoms with Crippen LogP contribution in [0.1, 0.15) is 50.3 Å². The quantitative estimate of drug-likeness (QED) is 0.505. The largest absolute Gasteiger partial charge is 0.355 e. The van der Waals surface area contributed by atoms with Gasteiger partial charge in [0.1, 0.15) is 0 Å². The van der Waals surface area contributed by atoms with Crippen molar-refractivity contribution >= 4 is 29.1 Å². The van der Waals surface area contributed by atoms with Crippen molar-refractivity contribution in [1.82, 2.24) is 15.3 Å². The number of carbonyl (C=O) groups is 2. The van der Waals surface area contributed by atoms with E-state index in [0.29, 0.717) is 24.7 Å². The molecule has 1 aliphatic rings. The number of aryl methyl sites for hydroxylation is 1. The molecule has 0 spiro atoms. The number of likely N-dealkylation sites (N-methyl/N-ethyl adjacent to an activating group) is 1. The lowest BCUT2D eigenvalue weighted by Gasteiger charge is -2.32. The monoisotopic (exact) mass is 472 g/mol. The van der Waals surface area contributed by atoms with Crippen molar-refractivity contribution in [2.75, 3.05) is 31.6 Å². The molecule has 0 unspecified atom stereocenters. The van der Waals surface area contributed by atoms with Crippen molar-refractivity contribution in [3.63, 3.8) is 0 Å². The molecule has 0 bridgehead atoms. The summed E-state index contributed by atoms with van der Waals surface area (Å²) in [6.45, 7) is 6.34. The van der Waals surface area contributed by atoms with Gasteiger partial charge < -0.3 is 10.2 Å². The zero-order valence-corrected chi connectivity index (χ0v) is 20.0. The molecule has 2 amide bonds. The van der Waals surface area contributed by atoms with E-state index in [1.807, 2.05) is 47.2 Å². The third kappa shape index (κ3) is 7.21. The second kappa shape index (κ2) is 12.6. The zero-order chi connectivity index (χ0) is 23.1. The minimum Gasteiger partial charge on any atom is -0.355 e. The molecule has 180 valence electrons. The molecule has 0 aromatic heterocycles. The number of nitrogens with zero attached hydrogens (tertiary/aromatic N) is 3. The van der Waals surface area contributed by atoms with Gasteiger partial charge in [0, 0.05) is 37.4 Å². The molecule has 2 aromatic carbocycles. The molecule has 0 saturated heterocycles. The molecule has 7 heteroatoms. The summed E-state index contributed by atoms with van der Waals surface area (Å²) in [5.41, 5.74) is 4.24. The summed E-state index contributed by atoms with van der Waals surface area (Å²) < 4.78 is 0. The predicted octanol–water partition coefficient (Wildman–Crippen LogP) is 4.79. The molecule has 0 saturated carbocycles. The molecular weight excluding hydrogens is 436 g/mol. The lowest BCUT2D eigenvalue weighted by molar-refractivity contribution is -0.145. The Morgan fingerprint density at radius 3 is 2.36 bits per heavy atom. The Morgan fingerprint density at radius 2 is 1.73 bits per heavy atom. The van der Waals surface area contributed by atoms with Crippen molar-refractivity contribution < 1.29 is 9.59 Å². The second-order valence-electron chi connectivity index (χ2n) is 8.35. The van der Waals surface area contributed by atoms with E-state index in [4.69, 9.17) is 11.6 Å². The Morgan fingerprint density at radius 1 is 1.06 bits per heavy atom. The van der Waals surface area contributed by atoms with Gasteiger partial charge in [-0.3, -0.25) is 14.6 Å². The molecule has 0 aliphatic carbocycles. The number of hydrazine groups is 1. The lowest BCUT2D eigenvalue weighted by atomic mass is 10.1. The summed E-state index contributed by atoms with van der Waals surface area (Å²) in [4.78, 5) is 27.7. The first-order valence-corrected chi connectivity index (χ1v) is 11.6. The van der Waals surface area contributed by atoms with Gasteiger partial charge in [0.15, 0.2) is 0 Å². The number of amides is 2. The van der Waals surface area contributed by atoms with Crippen LogP contribution in [0.3, 0.4) is 0 Å². The Labute approximate surface area is 203 Å². The summed E-state index contributed by atoms with van der Waals surface area (Å²) in [6.07, 6.45) is 3.14. The van der Waals surface area contributed by atoms with Crippen LogP contribution in [0.5, 0.6) is 0 Å². The maximum absolute atomic E-state index is 13.2. The average molecular weight is 473 g/mol. The molecule has 0 atom stereocenters. The third-order valence-corrected chi connectivity index (χ3v) is 6.12. The predicted molar refractivity (Wildman–Crippen MR) is 136 cm³/mol. The van der Waals surface area contributed by atoms with E-state index in [1.54, 1.807) is 12.1 Å². The Hall–Kier alpha value is -2.57. The van der Waals surface area contributed by atoms with E-state index < -0.39 is 0 Å². The van der Waals surface area contributed by atoms with Gasteiger partial charge in [-0.05, 0) is 42.2 Å². The number of nitrogens with one attached hydrogen (secondary N) is 1. The first-order valence-electron chi connectivity index (χ1n) is 11.2. The second-order valence-corrected chi connectivity index (χ2v) is 8.79. The molecule has 1 N–H and O–H groups in total. The van der Waals surface area contributed by atoms with Crippen molar-refractivity contribution in [1.29, 1.82) is 0 Å². The number of fused-ring (bicyclic) bond motifs is 1. The van der Waals surface area contributed by atoms with Crippen molar-refractivity contribution in [2.24, 2.45) is 0 Å². The van der Waals surface area contributed by atoms with E-state index in [2.05, 4.69) is 24.4 Å². The van der Waals surface area contributed by atoms with Crippen molar-refractivity contribution in [3.8, 4) is 0 Å². The Bertz CT molecular complexity index is 925. The first-order chi connectivity index (χ1) is 15.4. The maximum Gasteiger partial charge on any atom is 0.256 e. The van der Waals surface area contributed by atoms with Crippen LogP contribution in [0.25, 0.3) is 0 Å². The smallest absolute Gasteiger partial charge is 0.256 e. The number of carbonyl (C=O) groups excluding carboxylic acids is 2. The number of rotatable bonds is 10. The molecule has 0 fully saturated rings. The fourth-order valence-corrected chi connectivity index (χ4v) is 4.10. The fourth-order valence-electron chi connectivity index (χ4n) is 3.93.